The lowest BCUT2D eigenvalue weighted by molar-refractivity contribution is 0.443. The molecule has 4 heteroatoms. The number of aryl methyl sites for hydroxylation is 1. The van der Waals surface area contributed by atoms with E-state index in [9.17, 15) is 13.2 Å². The summed E-state index contributed by atoms with van der Waals surface area (Å²) in [6, 6.07) is 9.00. The minimum atomic E-state index is -1.47. The van der Waals surface area contributed by atoms with Crippen LogP contribution in [0.1, 0.15) is 22.7 Å². The van der Waals surface area contributed by atoms with Crippen LogP contribution in [-0.4, -0.2) is 0 Å². The topological polar surface area (TPSA) is 26.0 Å². The van der Waals surface area contributed by atoms with Gasteiger partial charge in [-0.2, -0.15) is 0 Å². The maximum absolute atomic E-state index is 13.1. The normalized spacial score (nSPS) is 12.5. The Kier molecular flexibility index (Phi) is 3.90. The van der Waals surface area contributed by atoms with Crippen LogP contribution in [0.5, 0.6) is 0 Å². The molecule has 0 aliphatic rings. The van der Waals surface area contributed by atoms with E-state index in [2.05, 4.69) is 0 Å². The number of halogens is 3. The zero-order chi connectivity index (χ0) is 14.0. The van der Waals surface area contributed by atoms with Crippen LogP contribution >= 0.6 is 0 Å². The molecule has 19 heavy (non-hydrogen) atoms. The summed E-state index contributed by atoms with van der Waals surface area (Å²) in [6.07, 6.45) is 0.435. The number of rotatable bonds is 3. The van der Waals surface area contributed by atoms with Gasteiger partial charge in [0.2, 0.25) is 0 Å². The van der Waals surface area contributed by atoms with Crippen molar-refractivity contribution in [2.75, 3.05) is 0 Å². The van der Waals surface area contributed by atoms with Gasteiger partial charge in [0.25, 0.3) is 0 Å². The molecule has 0 spiro atoms. The van der Waals surface area contributed by atoms with Gasteiger partial charge in [0.05, 0.1) is 0 Å². The minimum absolute atomic E-state index is 0.247. The molecule has 2 N–H and O–H groups in total. The largest absolute Gasteiger partial charge is 0.324 e. The average molecular weight is 265 g/mol. The van der Waals surface area contributed by atoms with Gasteiger partial charge in [0, 0.05) is 6.04 Å². The highest BCUT2D eigenvalue weighted by Crippen LogP contribution is 2.21. The molecule has 1 atom stereocenters. The van der Waals surface area contributed by atoms with E-state index in [-0.39, 0.29) is 5.56 Å². The molecule has 0 radical (unpaired) electrons. The Labute approximate surface area is 109 Å². The number of benzene rings is 2. The lowest BCUT2D eigenvalue weighted by Crippen LogP contribution is -2.14. The number of nitrogens with two attached hydrogens (primary N) is 1. The molecule has 0 saturated carbocycles. The summed E-state index contributed by atoms with van der Waals surface area (Å²) in [5.41, 5.74) is 8.23. The van der Waals surface area contributed by atoms with E-state index >= 15 is 0 Å². The zero-order valence-corrected chi connectivity index (χ0v) is 10.5. The number of hydrogen-bond donors (Lipinski definition) is 1. The summed E-state index contributed by atoms with van der Waals surface area (Å²) in [6.45, 7) is 1.97. The number of hydrogen-bond acceptors (Lipinski definition) is 1. The predicted octanol–water partition coefficient (Wildman–Crippen LogP) is 3.65. The van der Waals surface area contributed by atoms with Crippen molar-refractivity contribution in [1.82, 2.24) is 0 Å². The highest BCUT2D eigenvalue weighted by atomic mass is 19.2. The van der Waals surface area contributed by atoms with Crippen LogP contribution in [0.15, 0.2) is 36.4 Å². The van der Waals surface area contributed by atoms with Gasteiger partial charge in [-0.3, -0.25) is 0 Å². The first kappa shape index (κ1) is 13.6. The Hall–Kier alpha value is -1.81. The fourth-order valence-corrected chi connectivity index (χ4v) is 1.89. The standard InChI is InChI=1S/C15H14F3N/c1-9-2-4-10(5-3-9)6-14(19)11-7-12(16)15(18)13(17)8-11/h2-5,7-8,14H,6,19H2,1H3. The van der Waals surface area contributed by atoms with Crippen molar-refractivity contribution < 1.29 is 13.2 Å². The summed E-state index contributed by atoms with van der Waals surface area (Å²) in [4.78, 5) is 0. The second kappa shape index (κ2) is 5.45. The second-order valence-electron chi connectivity index (χ2n) is 4.59. The molecule has 2 rings (SSSR count). The molecule has 0 heterocycles. The third-order valence-corrected chi connectivity index (χ3v) is 3.01. The molecular formula is C15H14F3N. The first-order valence-electron chi connectivity index (χ1n) is 5.93. The van der Waals surface area contributed by atoms with Crippen LogP contribution in [0.2, 0.25) is 0 Å². The Morgan fingerprint density at radius 2 is 1.53 bits per heavy atom. The van der Waals surface area contributed by atoms with Gasteiger partial charge < -0.3 is 5.73 Å². The molecule has 0 saturated heterocycles. The molecule has 1 unspecified atom stereocenters. The van der Waals surface area contributed by atoms with Gasteiger partial charge in [-0.05, 0) is 36.6 Å². The van der Waals surface area contributed by atoms with Crippen molar-refractivity contribution in [3.05, 3.63) is 70.5 Å². The van der Waals surface area contributed by atoms with Gasteiger partial charge >= 0.3 is 0 Å². The zero-order valence-electron chi connectivity index (χ0n) is 10.5. The lowest BCUT2D eigenvalue weighted by Gasteiger charge is -2.13. The predicted molar refractivity (Wildman–Crippen MR) is 68.1 cm³/mol. The van der Waals surface area contributed by atoms with E-state index in [0.29, 0.717) is 6.42 Å². The maximum atomic E-state index is 13.1. The molecule has 0 bridgehead atoms. The second-order valence-corrected chi connectivity index (χ2v) is 4.59. The van der Waals surface area contributed by atoms with Gasteiger partial charge in [0.1, 0.15) is 0 Å². The van der Waals surface area contributed by atoms with Gasteiger partial charge in [-0.15, -0.1) is 0 Å². The summed E-state index contributed by atoms with van der Waals surface area (Å²) in [5, 5.41) is 0. The highest BCUT2D eigenvalue weighted by Gasteiger charge is 2.15. The fraction of sp³-hybridized carbons (Fsp3) is 0.200. The van der Waals surface area contributed by atoms with Crippen molar-refractivity contribution in [3.8, 4) is 0 Å². The minimum Gasteiger partial charge on any atom is -0.324 e. The van der Waals surface area contributed by atoms with E-state index < -0.39 is 23.5 Å². The first-order valence-corrected chi connectivity index (χ1v) is 5.93. The van der Waals surface area contributed by atoms with E-state index in [0.717, 1.165) is 23.3 Å². The molecule has 2 aromatic carbocycles. The van der Waals surface area contributed by atoms with Crippen LogP contribution in [-0.2, 0) is 6.42 Å². The Bertz CT molecular complexity index is 555. The summed E-state index contributed by atoms with van der Waals surface area (Å²) in [7, 11) is 0. The lowest BCUT2D eigenvalue weighted by atomic mass is 9.99. The van der Waals surface area contributed by atoms with Crippen LogP contribution < -0.4 is 5.73 Å². The molecule has 100 valence electrons. The quantitative estimate of drug-likeness (QED) is 0.842. The summed E-state index contributed by atoms with van der Waals surface area (Å²) >= 11 is 0. The van der Waals surface area contributed by atoms with Crippen LogP contribution in [0.25, 0.3) is 0 Å². The summed E-state index contributed by atoms with van der Waals surface area (Å²) < 4.78 is 39.1. The summed E-state index contributed by atoms with van der Waals surface area (Å²) in [5.74, 6) is -3.89. The fourth-order valence-electron chi connectivity index (χ4n) is 1.89. The monoisotopic (exact) mass is 265 g/mol. The molecule has 1 nitrogen and oxygen atoms in total. The van der Waals surface area contributed by atoms with Crippen LogP contribution in [0.4, 0.5) is 13.2 Å². The van der Waals surface area contributed by atoms with Crippen molar-refractivity contribution in [1.29, 1.82) is 0 Å². The molecular weight excluding hydrogens is 251 g/mol. The Morgan fingerprint density at radius 3 is 2.05 bits per heavy atom. The van der Waals surface area contributed by atoms with Gasteiger partial charge in [-0.1, -0.05) is 29.8 Å². The first-order chi connectivity index (χ1) is 8.97. The molecule has 0 aliphatic heterocycles. The van der Waals surface area contributed by atoms with Crippen molar-refractivity contribution >= 4 is 0 Å². The highest BCUT2D eigenvalue weighted by molar-refractivity contribution is 5.27. The van der Waals surface area contributed by atoms with Crippen LogP contribution in [0.3, 0.4) is 0 Å². The van der Waals surface area contributed by atoms with E-state index in [1.54, 1.807) is 0 Å². The third-order valence-electron chi connectivity index (χ3n) is 3.01. The molecule has 0 aliphatic carbocycles. The maximum Gasteiger partial charge on any atom is 0.194 e. The van der Waals surface area contributed by atoms with E-state index in [4.69, 9.17) is 5.73 Å². The molecule has 0 amide bonds. The van der Waals surface area contributed by atoms with Crippen molar-refractivity contribution in [3.63, 3.8) is 0 Å². The average Bonchev–Trinajstić information content (AvgIpc) is 2.38. The van der Waals surface area contributed by atoms with Crippen molar-refractivity contribution in [2.24, 2.45) is 5.73 Å². The third kappa shape index (κ3) is 3.15. The van der Waals surface area contributed by atoms with Gasteiger partial charge in [-0.25, -0.2) is 13.2 Å². The molecule has 0 fully saturated rings. The SMILES string of the molecule is Cc1ccc(CC(N)c2cc(F)c(F)c(F)c2)cc1. The smallest absolute Gasteiger partial charge is 0.194 e. The Morgan fingerprint density at radius 1 is 1.00 bits per heavy atom. The molecule has 0 aromatic heterocycles. The van der Waals surface area contributed by atoms with E-state index in [1.165, 1.54) is 0 Å². The van der Waals surface area contributed by atoms with Gasteiger partial charge in [0.15, 0.2) is 17.5 Å². The Balaban J connectivity index is 2.20. The molecule has 2 aromatic rings. The van der Waals surface area contributed by atoms with E-state index in [1.807, 2.05) is 31.2 Å². The van der Waals surface area contributed by atoms with Crippen molar-refractivity contribution in [2.45, 2.75) is 19.4 Å². The van der Waals surface area contributed by atoms with Crippen LogP contribution in [0, 0.1) is 24.4 Å².